The summed E-state index contributed by atoms with van der Waals surface area (Å²) in [6.07, 6.45) is 0.733. The molecule has 4 nitrogen and oxygen atoms in total. The fourth-order valence-corrected chi connectivity index (χ4v) is 1.95. The Morgan fingerprint density at radius 2 is 2.24 bits per heavy atom. The van der Waals surface area contributed by atoms with Gasteiger partial charge < -0.3 is 15.3 Å². The topological polar surface area (TPSA) is 52.6 Å². The molecule has 0 bridgehead atoms. The van der Waals surface area contributed by atoms with E-state index in [9.17, 15) is 9.18 Å². The molecule has 0 aliphatic carbocycles. The van der Waals surface area contributed by atoms with E-state index >= 15 is 0 Å². The molecule has 1 aromatic rings. The molecule has 1 amide bonds. The van der Waals surface area contributed by atoms with Crippen molar-refractivity contribution in [1.29, 1.82) is 0 Å². The molecule has 2 N–H and O–H groups in total. The van der Waals surface area contributed by atoms with Crippen molar-refractivity contribution in [3.63, 3.8) is 0 Å². The number of aliphatic hydroxyl groups is 1. The van der Waals surface area contributed by atoms with Crippen LogP contribution in [0.2, 0.25) is 0 Å². The molecule has 1 fully saturated rings. The average molecular weight is 238 g/mol. The molecule has 0 saturated carbocycles. The summed E-state index contributed by atoms with van der Waals surface area (Å²) in [6, 6.07) is 5.54. The van der Waals surface area contributed by atoms with Gasteiger partial charge >= 0.3 is 0 Å². The van der Waals surface area contributed by atoms with Gasteiger partial charge in [0.2, 0.25) is 5.91 Å². The molecule has 1 saturated heterocycles. The third-order valence-electron chi connectivity index (χ3n) is 2.84. The smallest absolute Gasteiger partial charge is 0.246 e. The molecule has 1 atom stereocenters. The van der Waals surface area contributed by atoms with E-state index < -0.39 is 11.9 Å². The van der Waals surface area contributed by atoms with Crippen LogP contribution in [-0.2, 0) is 4.79 Å². The fraction of sp³-hybridized carbons (Fsp3) is 0.417. The van der Waals surface area contributed by atoms with E-state index in [4.69, 9.17) is 5.11 Å². The summed E-state index contributed by atoms with van der Waals surface area (Å²) in [6.45, 7) is 0.828. The Labute approximate surface area is 99.0 Å². The minimum Gasteiger partial charge on any atom is -0.394 e. The number of aliphatic hydroxyl groups excluding tert-OH is 1. The van der Waals surface area contributed by atoms with Crippen LogP contribution in [0, 0.1) is 5.82 Å². The predicted molar refractivity (Wildman–Crippen MR) is 62.2 cm³/mol. The van der Waals surface area contributed by atoms with Crippen LogP contribution in [0.4, 0.5) is 10.1 Å². The largest absolute Gasteiger partial charge is 0.394 e. The van der Waals surface area contributed by atoms with Crippen molar-refractivity contribution in [2.24, 2.45) is 0 Å². The molecule has 1 aromatic carbocycles. The summed E-state index contributed by atoms with van der Waals surface area (Å²) in [5.41, 5.74) is 0.277. The normalized spacial score (nSPS) is 21.4. The minimum absolute atomic E-state index is 0.274. The lowest BCUT2D eigenvalue weighted by Gasteiger charge is -2.23. The number of nitrogens with one attached hydrogen (secondary N) is 1. The van der Waals surface area contributed by atoms with Gasteiger partial charge in [0.15, 0.2) is 0 Å². The number of benzene rings is 1. The minimum atomic E-state index is -0.642. The third kappa shape index (κ3) is 2.45. The van der Waals surface area contributed by atoms with E-state index in [2.05, 4.69) is 5.32 Å². The molecule has 5 heteroatoms. The summed E-state index contributed by atoms with van der Waals surface area (Å²) >= 11 is 0. The Kier molecular flexibility index (Phi) is 3.71. The standard InChI is InChI=1S/C12H15FN2O2/c13-9-4-1-2-5-11(9)15-7-3-6-14-10(8-16)12(15)17/h1-2,4-5,10,14,16H,3,6-8H2. The Balaban J connectivity index is 2.30. The second kappa shape index (κ2) is 5.25. The van der Waals surface area contributed by atoms with Crippen LogP contribution in [0.3, 0.4) is 0 Å². The predicted octanol–water partition coefficient (Wildman–Crippen LogP) is 0.513. The van der Waals surface area contributed by atoms with Crippen molar-refractivity contribution in [2.45, 2.75) is 12.5 Å². The van der Waals surface area contributed by atoms with Crippen molar-refractivity contribution in [3.05, 3.63) is 30.1 Å². The number of carbonyl (C=O) groups is 1. The second-order valence-electron chi connectivity index (χ2n) is 3.98. The van der Waals surface area contributed by atoms with Crippen LogP contribution >= 0.6 is 0 Å². The molecular formula is C12H15FN2O2. The Hall–Kier alpha value is -1.46. The maximum atomic E-state index is 13.6. The van der Waals surface area contributed by atoms with Crippen molar-refractivity contribution >= 4 is 11.6 Å². The Bertz CT molecular complexity index is 411. The zero-order valence-corrected chi connectivity index (χ0v) is 9.40. The van der Waals surface area contributed by atoms with Gasteiger partial charge in [-0.05, 0) is 25.1 Å². The van der Waals surface area contributed by atoms with Gasteiger partial charge in [-0.3, -0.25) is 4.79 Å². The van der Waals surface area contributed by atoms with Crippen LogP contribution in [0.1, 0.15) is 6.42 Å². The lowest BCUT2D eigenvalue weighted by atomic mass is 10.2. The maximum absolute atomic E-state index is 13.6. The first-order chi connectivity index (χ1) is 8.24. The van der Waals surface area contributed by atoms with Crippen molar-refractivity contribution < 1.29 is 14.3 Å². The summed E-state index contributed by atoms with van der Waals surface area (Å²) < 4.78 is 13.6. The summed E-state index contributed by atoms with van der Waals surface area (Å²) in [4.78, 5) is 13.5. The maximum Gasteiger partial charge on any atom is 0.246 e. The lowest BCUT2D eigenvalue weighted by molar-refractivity contribution is -0.121. The average Bonchev–Trinajstić information content (AvgIpc) is 2.52. The van der Waals surface area contributed by atoms with Crippen LogP contribution in [0.5, 0.6) is 0 Å². The first-order valence-electron chi connectivity index (χ1n) is 5.64. The van der Waals surface area contributed by atoms with Crippen molar-refractivity contribution in [3.8, 4) is 0 Å². The van der Waals surface area contributed by atoms with Crippen molar-refractivity contribution in [1.82, 2.24) is 5.32 Å². The molecule has 2 rings (SSSR count). The van der Waals surface area contributed by atoms with Gasteiger partial charge in [0.25, 0.3) is 0 Å². The van der Waals surface area contributed by atoms with Gasteiger partial charge in [0, 0.05) is 6.54 Å². The molecule has 1 unspecified atom stereocenters. The highest BCUT2D eigenvalue weighted by Gasteiger charge is 2.28. The van der Waals surface area contributed by atoms with Gasteiger partial charge in [0.1, 0.15) is 11.9 Å². The van der Waals surface area contributed by atoms with Crippen molar-refractivity contribution in [2.75, 3.05) is 24.6 Å². The Morgan fingerprint density at radius 3 is 2.94 bits per heavy atom. The summed E-state index contributed by atoms with van der Waals surface area (Å²) in [7, 11) is 0. The van der Waals surface area contributed by atoms with Gasteiger partial charge in [-0.15, -0.1) is 0 Å². The summed E-state index contributed by atoms with van der Waals surface area (Å²) in [5.74, 6) is -0.700. The zero-order valence-electron chi connectivity index (χ0n) is 9.40. The first-order valence-corrected chi connectivity index (χ1v) is 5.64. The molecule has 0 spiro atoms. The third-order valence-corrected chi connectivity index (χ3v) is 2.84. The summed E-state index contributed by atoms with van der Waals surface area (Å²) in [5, 5.41) is 12.1. The van der Waals surface area contributed by atoms with Gasteiger partial charge in [-0.1, -0.05) is 12.1 Å². The number of hydrogen-bond donors (Lipinski definition) is 2. The number of carbonyl (C=O) groups excluding carboxylic acids is 1. The van der Waals surface area contributed by atoms with E-state index in [0.29, 0.717) is 13.1 Å². The second-order valence-corrected chi connectivity index (χ2v) is 3.98. The van der Waals surface area contributed by atoms with E-state index in [1.165, 1.54) is 11.0 Å². The number of nitrogens with zero attached hydrogens (tertiary/aromatic N) is 1. The van der Waals surface area contributed by atoms with Crippen LogP contribution in [-0.4, -0.2) is 36.8 Å². The number of halogens is 1. The highest BCUT2D eigenvalue weighted by molar-refractivity contribution is 5.97. The highest BCUT2D eigenvalue weighted by Crippen LogP contribution is 2.20. The lowest BCUT2D eigenvalue weighted by Crippen LogP contribution is -2.46. The van der Waals surface area contributed by atoms with E-state index in [-0.39, 0.29) is 18.2 Å². The fourth-order valence-electron chi connectivity index (χ4n) is 1.95. The van der Waals surface area contributed by atoms with Gasteiger partial charge in [0.05, 0.1) is 12.3 Å². The molecule has 0 aromatic heterocycles. The van der Waals surface area contributed by atoms with Gasteiger partial charge in [-0.25, -0.2) is 4.39 Å². The highest BCUT2D eigenvalue weighted by atomic mass is 19.1. The van der Waals surface area contributed by atoms with E-state index in [1.54, 1.807) is 18.2 Å². The molecule has 0 radical (unpaired) electrons. The molecular weight excluding hydrogens is 223 g/mol. The molecule has 1 aliphatic rings. The quantitative estimate of drug-likeness (QED) is 0.789. The number of rotatable bonds is 2. The first kappa shape index (κ1) is 12.0. The molecule has 92 valence electrons. The number of anilines is 1. The van der Waals surface area contributed by atoms with Crippen LogP contribution in [0.25, 0.3) is 0 Å². The SMILES string of the molecule is O=C1C(CO)NCCCN1c1ccccc1F. The molecule has 17 heavy (non-hydrogen) atoms. The monoisotopic (exact) mass is 238 g/mol. The van der Waals surface area contributed by atoms with Gasteiger partial charge in [-0.2, -0.15) is 0 Å². The molecule has 1 heterocycles. The van der Waals surface area contributed by atoms with Crippen LogP contribution < -0.4 is 10.2 Å². The zero-order chi connectivity index (χ0) is 12.3. The number of hydrogen-bond acceptors (Lipinski definition) is 3. The number of amides is 1. The van der Waals surface area contributed by atoms with Crippen LogP contribution in [0.15, 0.2) is 24.3 Å². The Morgan fingerprint density at radius 1 is 1.47 bits per heavy atom. The number of para-hydroxylation sites is 1. The van der Waals surface area contributed by atoms with E-state index in [1.807, 2.05) is 0 Å². The molecule has 1 aliphatic heterocycles. The van der Waals surface area contributed by atoms with E-state index in [0.717, 1.165) is 6.42 Å².